The molecule has 7 N–H and O–H groups in total. The van der Waals surface area contributed by atoms with Crippen LogP contribution in [0.1, 0.15) is 40.2 Å². The highest BCUT2D eigenvalue weighted by Crippen LogP contribution is 2.28. The fraction of sp³-hybridized carbons (Fsp3) is 0.258. The first kappa shape index (κ1) is 27.0. The molecule has 2 aromatic carbocycles. The number of pyridine rings is 1. The van der Waals surface area contributed by atoms with Crippen LogP contribution in [-0.2, 0) is 24.2 Å². The van der Waals surface area contributed by atoms with Gasteiger partial charge < -0.3 is 21.9 Å². The molecule has 1 aromatic heterocycles. The van der Waals surface area contributed by atoms with Crippen molar-refractivity contribution in [1.82, 2.24) is 10.3 Å². The monoisotopic (exact) mass is 509 g/mol. The summed E-state index contributed by atoms with van der Waals surface area (Å²) >= 11 is 0. The summed E-state index contributed by atoms with van der Waals surface area (Å²) in [4.78, 5) is 17.6. The number of allylic oxidation sites excluding steroid dienone is 2. The standard InChI is InChI=1S/C31H35N5O2/c32-18-22-5-2-7-26(16-22)24-9-11-25(12-10-24)31(38)36-29(17-23-6-3-13-35-19-23)28(20-37)15-21-4-1-8-27(14-21)30(33)34/h1-9,11-14,16,19,24,28-29,37H,10,15,17-18,20,32H2,(H3,33,34)(H,36,38). The molecule has 0 fully saturated rings. The van der Waals surface area contributed by atoms with Gasteiger partial charge in [0.1, 0.15) is 5.84 Å². The molecule has 0 spiro atoms. The number of aromatic nitrogens is 1. The Morgan fingerprint density at radius 3 is 2.55 bits per heavy atom. The average Bonchev–Trinajstić information content (AvgIpc) is 2.96. The van der Waals surface area contributed by atoms with Crippen LogP contribution in [0.25, 0.3) is 0 Å². The van der Waals surface area contributed by atoms with E-state index in [1.54, 1.807) is 18.5 Å². The molecule has 3 aromatic rings. The Labute approximate surface area is 223 Å². The number of aliphatic hydroxyl groups excluding tert-OH is 1. The van der Waals surface area contributed by atoms with Crippen LogP contribution in [0.3, 0.4) is 0 Å². The maximum absolute atomic E-state index is 13.4. The lowest BCUT2D eigenvalue weighted by atomic mass is 9.87. The van der Waals surface area contributed by atoms with E-state index in [4.69, 9.17) is 16.9 Å². The van der Waals surface area contributed by atoms with Crippen molar-refractivity contribution in [3.05, 3.63) is 125 Å². The zero-order valence-electron chi connectivity index (χ0n) is 21.4. The zero-order valence-corrected chi connectivity index (χ0v) is 21.4. The van der Waals surface area contributed by atoms with Gasteiger partial charge in [-0.25, -0.2) is 0 Å². The Hall–Kier alpha value is -4.07. The second-order valence-electron chi connectivity index (χ2n) is 9.72. The predicted octanol–water partition coefficient (Wildman–Crippen LogP) is 3.37. The average molecular weight is 510 g/mol. The van der Waals surface area contributed by atoms with Gasteiger partial charge in [0, 0.05) is 54.6 Å². The van der Waals surface area contributed by atoms with E-state index >= 15 is 0 Å². The molecule has 7 nitrogen and oxygen atoms in total. The second kappa shape index (κ2) is 12.9. The highest BCUT2D eigenvalue weighted by molar-refractivity contribution is 5.96. The van der Waals surface area contributed by atoms with Crippen LogP contribution < -0.4 is 16.8 Å². The van der Waals surface area contributed by atoms with Gasteiger partial charge in [-0.15, -0.1) is 0 Å². The number of aliphatic hydroxyl groups is 1. The fourth-order valence-electron chi connectivity index (χ4n) is 4.85. The van der Waals surface area contributed by atoms with Crippen molar-refractivity contribution in [2.24, 2.45) is 17.4 Å². The summed E-state index contributed by atoms with van der Waals surface area (Å²) < 4.78 is 0. The van der Waals surface area contributed by atoms with Crippen molar-refractivity contribution in [2.45, 2.75) is 37.8 Å². The minimum atomic E-state index is -0.328. The Balaban J connectivity index is 1.50. The first-order valence-corrected chi connectivity index (χ1v) is 12.9. The van der Waals surface area contributed by atoms with Crippen molar-refractivity contribution in [3.8, 4) is 0 Å². The van der Waals surface area contributed by atoms with Gasteiger partial charge in [-0.1, -0.05) is 66.8 Å². The maximum atomic E-state index is 13.4. The van der Waals surface area contributed by atoms with E-state index in [0.717, 1.165) is 23.1 Å². The highest BCUT2D eigenvalue weighted by Gasteiger charge is 2.26. The van der Waals surface area contributed by atoms with Gasteiger partial charge >= 0.3 is 0 Å². The number of nitrogen functional groups attached to an aromatic ring is 1. The summed E-state index contributed by atoms with van der Waals surface area (Å²) in [6.07, 6.45) is 11.2. The molecule has 3 unspecified atom stereocenters. The van der Waals surface area contributed by atoms with Crippen molar-refractivity contribution in [3.63, 3.8) is 0 Å². The molecule has 3 atom stereocenters. The number of nitrogens with two attached hydrogens (primary N) is 2. The number of carbonyl (C=O) groups excluding carboxylic acids is 1. The molecule has 7 heteroatoms. The van der Waals surface area contributed by atoms with E-state index in [2.05, 4.69) is 28.5 Å². The Morgan fingerprint density at radius 2 is 1.87 bits per heavy atom. The summed E-state index contributed by atoms with van der Waals surface area (Å²) in [5.41, 5.74) is 16.9. The van der Waals surface area contributed by atoms with Crippen LogP contribution in [-0.4, -0.2) is 34.5 Å². The van der Waals surface area contributed by atoms with E-state index in [1.807, 2.05) is 54.6 Å². The molecular formula is C31H35N5O2. The third-order valence-electron chi connectivity index (χ3n) is 7.01. The van der Waals surface area contributed by atoms with Crippen LogP contribution in [0, 0.1) is 11.3 Å². The third-order valence-corrected chi connectivity index (χ3v) is 7.01. The quantitative estimate of drug-likeness (QED) is 0.199. The van der Waals surface area contributed by atoms with E-state index < -0.39 is 0 Å². The van der Waals surface area contributed by atoms with E-state index in [9.17, 15) is 9.90 Å². The molecule has 0 saturated heterocycles. The zero-order chi connectivity index (χ0) is 26.9. The van der Waals surface area contributed by atoms with E-state index in [1.165, 1.54) is 5.56 Å². The lowest BCUT2D eigenvalue weighted by Crippen LogP contribution is -2.44. The van der Waals surface area contributed by atoms with Crippen molar-refractivity contribution in [2.75, 3.05) is 6.61 Å². The van der Waals surface area contributed by atoms with Crippen LogP contribution in [0.2, 0.25) is 0 Å². The Kier molecular flexibility index (Phi) is 9.19. The highest BCUT2D eigenvalue weighted by atomic mass is 16.3. The summed E-state index contributed by atoms with van der Waals surface area (Å²) in [6.45, 7) is 0.390. The summed E-state index contributed by atoms with van der Waals surface area (Å²) in [5.74, 6) is -0.221. The number of amides is 1. The second-order valence-corrected chi connectivity index (χ2v) is 9.72. The number of rotatable bonds is 11. The van der Waals surface area contributed by atoms with Crippen LogP contribution in [0.5, 0.6) is 0 Å². The molecule has 0 aliphatic heterocycles. The van der Waals surface area contributed by atoms with E-state index in [0.29, 0.717) is 30.5 Å². The predicted molar refractivity (Wildman–Crippen MR) is 151 cm³/mol. The molecule has 38 heavy (non-hydrogen) atoms. The van der Waals surface area contributed by atoms with Gasteiger partial charge in [0.15, 0.2) is 0 Å². The molecule has 1 aliphatic carbocycles. The first-order chi connectivity index (χ1) is 18.5. The number of nitrogens with zero attached hydrogens (tertiary/aromatic N) is 1. The number of amidine groups is 1. The molecule has 1 heterocycles. The topological polar surface area (TPSA) is 138 Å². The number of nitrogens with one attached hydrogen (secondary N) is 2. The Morgan fingerprint density at radius 1 is 1.08 bits per heavy atom. The smallest absolute Gasteiger partial charge is 0.251 e. The number of hydrogen-bond donors (Lipinski definition) is 5. The van der Waals surface area contributed by atoms with E-state index in [-0.39, 0.29) is 36.2 Å². The summed E-state index contributed by atoms with van der Waals surface area (Å²) in [6, 6.07) is 19.2. The van der Waals surface area contributed by atoms with Gasteiger partial charge in [-0.2, -0.15) is 0 Å². The lowest BCUT2D eigenvalue weighted by Gasteiger charge is -2.28. The minimum absolute atomic E-state index is 0.00306. The largest absolute Gasteiger partial charge is 0.396 e. The molecular weight excluding hydrogens is 474 g/mol. The molecule has 196 valence electrons. The number of hydrogen-bond acceptors (Lipinski definition) is 5. The van der Waals surface area contributed by atoms with Crippen molar-refractivity contribution in [1.29, 1.82) is 5.41 Å². The van der Waals surface area contributed by atoms with Gasteiger partial charge in [-0.05, 0) is 53.6 Å². The first-order valence-electron chi connectivity index (χ1n) is 12.9. The number of carbonyl (C=O) groups is 1. The van der Waals surface area contributed by atoms with Gasteiger partial charge in [-0.3, -0.25) is 15.2 Å². The fourth-order valence-corrected chi connectivity index (χ4v) is 4.85. The SMILES string of the molecule is N=C(N)c1cccc(CC(CO)C(Cc2cccnc2)NC(=O)C2=CCC(c3cccc(CN)c3)C=C2)c1. The molecule has 1 aliphatic rings. The van der Waals surface area contributed by atoms with Gasteiger partial charge in [0.05, 0.1) is 0 Å². The lowest BCUT2D eigenvalue weighted by molar-refractivity contribution is -0.118. The van der Waals surface area contributed by atoms with Gasteiger partial charge in [0.2, 0.25) is 0 Å². The molecule has 0 radical (unpaired) electrons. The van der Waals surface area contributed by atoms with Crippen LogP contribution >= 0.6 is 0 Å². The van der Waals surface area contributed by atoms with Gasteiger partial charge in [0.25, 0.3) is 5.91 Å². The minimum Gasteiger partial charge on any atom is -0.396 e. The molecule has 1 amide bonds. The molecule has 4 rings (SSSR count). The Bertz CT molecular complexity index is 1320. The van der Waals surface area contributed by atoms with Crippen molar-refractivity contribution < 1.29 is 9.90 Å². The molecule has 0 saturated carbocycles. The van der Waals surface area contributed by atoms with Crippen molar-refractivity contribution >= 4 is 11.7 Å². The molecule has 0 bridgehead atoms. The van der Waals surface area contributed by atoms with Crippen LogP contribution in [0.15, 0.2) is 96.9 Å². The van der Waals surface area contributed by atoms with Crippen LogP contribution in [0.4, 0.5) is 0 Å². The summed E-state index contributed by atoms with van der Waals surface area (Å²) in [7, 11) is 0. The number of benzene rings is 2. The normalized spacial score (nSPS) is 16.4. The maximum Gasteiger partial charge on any atom is 0.251 e. The third kappa shape index (κ3) is 7.03. The summed E-state index contributed by atoms with van der Waals surface area (Å²) in [5, 5.41) is 21.3.